The van der Waals surface area contributed by atoms with Crippen LogP contribution in [0, 0.1) is 6.92 Å². The number of aromatic amines is 1. The highest BCUT2D eigenvalue weighted by molar-refractivity contribution is 7.15. The number of benzene rings is 1. The van der Waals surface area contributed by atoms with E-state index in [2.05, 4.69) is 25.1 Å². The number of piperazine rings is 1. The molecule has 2 aromatic heterocycles. The van der Waals surface area contributed by atoms with Gasteiger partial charge >= 0.3 is 0 Å². The number of aromatic nitrogens is 4. The monoisotopic (exact) mass is 426 g/mol. The van der Waals surface area contributed by atoms with Gasteiger partial charge in [0.1, 0.15) is 22.3 Å². The Morgan fingerprint density at radius 1 is 1.17 bits per heavy atom. The van der Waals surface area contributed by atoms with Crippen LogP contribution in [-0.2, 0) is 6.42 Å². The summed E-state index contributed by atoms with van der Waals surface area (Å²) in [5, 5.41) is 10.0. The van der Waals surface area contributed by atoms with E-state index in [1.807, 2.05) is 31.2 Å². The van der Waals surface area contributed by atoms with Crippen molar-refractivity contribution in [1.82, 2.24) is 25.1 Å². The Morgan fingerprint density at radius 2 is 1.90 bits per heavy atom. The molecule has 30 heavy (non-hydrogen) atoms. The van der Waals surface area contributed by atoms with Gasteiger partial charge in [-0.05, 0) is 24.6 Å². The van der Waals surface area contributed by atoms with Crippen molar-refractivity contribution in [3.05, 3.63) is 62.8 Å². The van der Waals surface area contributed by atoms with Crippen LogP contribution in [-0.4, -0.2) is 64.3 Å². The van der Waals surface area contributed by atoms with Crippen molar-refractivity contribution in [2.24, 2.45) is 0 Å². The molecule has 156 valence electrons. The first-order valence-electron chi connectivity index (χ1n) is 9.59. The number of ether oxygens (including phenoxy) is 1. The van der Waals surface area contributed by atoms with Crippen LogP contribution in [0.1, 0.15) is 26.9 Å². The van der Waals surface area contributed by atoms with Crippen molar-refractivity contribution in [1.29, 1.82) is 0 Å². The summed E-state index contributed by atoms with van der Waals surface area (Å²) in [6, 6.07) is 8.77. The first-order valence-corrected chi connectivity index (χ1v) is 10.4. The Bertz CT molecular complexity index is 1090. The lowest BCUT2D eigenvalue weighted by molar-refractivity contribution is 0.0740. The second-order valence-corrected chi connectivity index (χ2v) is 8.15. The molecule has 0 spiro atoms. The smallest absolute Gasteiger partial charge is 0.272 e. The zero-order valence-electron chi connectivity index (χ0n) is 16.8. The van der Waals surface area contributed by atoms with Crippen LogP contribution in [0.15, 0.2) is 35.1 Å². The average Bonchev–Trinajstić information content (AvgIpc) is 3.20. The van der Waals surface area contributed by atoms with Gasteiger partial charge < -0.3 is 19.5 Å². The van der Waals surface area contributed by atoms with Crippen molar-refractivity contribution in [3.63, 3.8) is 0 Å². The van der Waals surface area contributed by atoms with E-state index in [-0.39, 0.29) is 17.2 Å². The molecule has 0 bridgehead atoms. The molecule has 1 amide bonds. The Labute approximate surface area is 177 Å². The predicted molar refractivity (Wildman–Crippen MR) is 113 cm³/mol. The maximum atomic E-state index is 12.9. The maximum absolute atomic E-state index is 12.9. The van der Waals surface area contributed by atoms with E-state index < -0.39 is 0 Å². The van der Waals surface area contributed by atoms with Gasteiger partial charge in [0.05, 0.1) is 7.11 Å². The quantitative estimate of drug-likeness (QED) is 0.659. The minimum absolute atomic E-state index is 0.169. The summed E-state index contributed by atoms with van der Waals surface area (Å²) in [6.07, 6.45) is 0.421. The number of amides is 1. The van der Waals surface area contributed by atoms with Crippen LogP contribution >= 0.6 is 11.3 Å². The largest absolute Gasteiger partial charge is 0.497 e. The summed E-state index contributed by atoms with van der Waals surface area (Å²) in [4.78, 5) is 36.0. The summed E-state index contributed by atoms with van der Waals surface area (Å²) in [5.74, 6) is 0.983. The highest BCUT2D eigenvalue weighted by atomic mass is 32.1. The molecule has 1 fully saturated rings. The fourth-order valence-corrected chi connectivity index (χ4v) is 4.05. The number of aryl methyl sites for hydroxylation is 1. The molecule has 1 N–H and O–H groups in total. The number of hydrogen-bond acceptors (Lipinski definition) is 8. The molecular weight excluding hydrogens is 404 g/mol. The van der Waals surface area contributed by atoms with Crippen LogP contribution < -0.4 is 15.2 Å². The van der Waals surface area contributed by atoms with Gasteiger partial charge in [0, 0.05) is 38.7 Å². The molecule has 1 saturated heterocycles. The Kier molecular flexibility index (Phi) is 5.75. The molecule has 0 saturated carbocycles. The second kappa shape index (κ2) is 8.62. The van der Waals surface area contributed by atoms with Gasteiger partial charge in [-0.2, -0.15) is 0 Å². The fourth-order valence-electron chi connectivity index (χ4n) is 3.31. The number of H-pyrrole nitrogens is 1. The molecule has 9 nitrogen and oxygen atoms in total. The van der Waals surface area contributed by atoms with E-state index in [0.717, 1.165) is 21.5 Å². The maximum Gasteiger partial charge on any atom is 0.272 e. The normalized spacial score (nSPS) is 14.1. The van der Waals surface area contributed by atoms with E-state index in [4.69, 9.17) is 4.74 Å². The van der Waals surface area contributed by atoms with Crippen molar-refractivity contribution in [3.8, 4) is 5.75 Å². The molecule has 10 heteroatoms. The molecule has 1 aromatic carbocycles. The van der Waals surface area contributed by atoms with Crippen LogP contribution in [0.4, 0.5) is 5.13 Å². The third-order valence-electron chi connectivity index (χ3n) is 4.89. The molecule has 3 heterocycles. The van der Waals surface area contributed by atoms with Crippen LogP contribution in [0.2, 0.25) is 0 Å². The Hall–Kier alpha value is -3.27. The van der Waals surface area contributed by atoms with Crippen LogP contribution in [0.5, 0.6) is 5.75 Å². The highest BCUT2D eigenvalue weighted by Gasteiger charge is 2.25. The van der Waals surface area contributed by atoms with E-state index in [1.54, 1.807) is 23.3 Å². The SMILES string of the molecule is COc1ccc(Cc2nc(C(=O)N3CCN(c4nnc(C)s4)CC3)cc(=O)[nH]2)cc1. The van der Waals surface area contributed by atoms with Crippen LogP contribution in [0.25, 0.3) is 0 Å². The molecule has 4 rings (SSSR count). The number of nitrogens with zero attached hydrogens (tertiary/aromatic N) is 5. The van der Waals surface area contributed by atoms with E-state index >= 15 is 0 Å². The zero-order valence-corrected chi connectivity index (χ0v) is 17.6. The molecule has 1 aliphatic heterocycles. The van der Waals surface area contributed by atoms with Gasteiger partial charge in [-0.1, -0.05) is 23.5 Å². The average molecular weight is 427 g/mol. The lowest BCUT2D eigenvalue weighted by Crippen LogP contribution is -2.49. The third-order valence-corrected chi connectivity index (χ3v) is 5.79. The highest BCUT2D eigenvalue weighted by Crippen LogP contribution is 2.21. The molecule has 1 aliphatic rings. The number of anilines is 1. The van der Waals surface area contributed by atoms with Crippen molar-refractivity contribution in [2.45, 2.75) is 13.3 Å². The van der Waals surface area contributed by atoms with Gasteiger partial charge in [-0.3, -0.25) is 9.59 Å². The van der Waals surface area contributed by atoms with Gasteiger partial charge in [0.2, 0.25) is 5.13 Å². The number of hydrogen-bond donors (Lipinski definition) is 1. The van der Waals surface area contributed by atoms with E-state index in [9.17, 15) is 9.59 Å². The predicted octanol–water partition coefficient (Wildman–Crippen LogP) is 1.49. The number of rotatable bonds is 5. The summed E-state index contributed by atoms with van der Waals surface area (Å²) >= 11 is 1.54. The fraction of sp³-hybridized carbons (Fsp3) is 0.350. The van der Waals surface area contributed by atoms with E-state index in [1.165, 1.54) is 6.07 Å². The first kappa shape index (κ1) is 20.0. The summed E-state index contributed by atoms with van der Waals surface area (Å²) < 4.78 is 5.16. The third kappa shape index (κ3) is 4.48. The van der Waals surface area contributed by atoms with Crippen LogP contribution in [0.3, 0.4) is 0 Å². The minimum atomic E-state index is -0.333. The lowest BCUT2D eigenvalue weighted by atomic mass is 10.1. The Morgan fingerprint density at radius 3 is 2.53 bits per heavy atom. The van der Waals surface area contributed by atoms with E-state index in [0.29, 0.717) is 38.4 Å². The van der Waals surface area contributed by atoms with Crippen molar-refractivity contribution in [2.75, 3.05) is 38.2 Å². The van der Waals surface area contributed by atoms with Crippen molar-refractivity contribution >= 4 is 22.4 Å². The lowest BCUT2D eigenvalue weighted by Gasteiger charge is -2.34. The molecule has 3 aromatic rings. The molecular formula is C20H22N6O3S. The summed E-state index contributed by atoms with van der Waals surface area (Å²) in [5.41, 5.74) is 0.798. The molecule has 0 radical (unpaired) electrons. The Balaban J connectivity index is 1.44. The summed E-state index contributed by atoms with van der Waals surface area (Å²) in [7, 11) is 1.61. The standard InChI is InChI=1S/C20H22N6O3S/c1-13-23-24-20(30-13)26-9-7-25(8-10-26)19(28)16-12-18(27)22-17(21-16)11-14-3-5-15(29-2)6-4-14/h3-6,12H,7-11H2,1-2H3,(H,21,22,27). The number of nitrogens with one attached hydrogen (secondary N) is 1. The number of carbonyl (C=O) groups is 1. The molecule has 0 unspecified atom stereocenters. The zero-order chi connectivity index (χ0) is 21.1. The second-order valence-electron chi connectivity index (χ2n) is 6.99. The van der Waals surface area contributed by atoms with Gasteiger partial charge in [0.15, 0.2) is 0 Å². The van der Waals surface area contributed by atoms with Gasteiger partial charge in [0.25, 0.3) is 11.5 Å². The summed E-state index contributed by atoms with van der Waals surface area (Å²) in [6.45, 7) is 4.34. The molecule has 0 aliphatic carbocycles. The van der Waals surface area contributed by atoms with Gasteiger partial charge in [-0.15, -0.1) is 10.2 Å². The van der Waals surface area contributed by atoms with Gasteiger partial charge in [-0.25, -0.2) is 4.98 Å². The minimum Gasteiger partial charge on any atom is -0.497 e. The molecule has 0 atom stereocenters. The first-order chi connectivity index (χ1) is 14.5. The number of carbonyl (C=O) groups excluding carboxylic acids is 1. The topological polar surface area (TPSA) is 104 Å². The number of methoxy groups -OCH3 is 1. The van der Waals surface area contributed by atoms with Crippen molar-refractivity contribution < 1.29 is 9.53 Å².